The number of hydrogen-bond donors (Lipinski definition) is 1. The van der Waals surface area contributed by atoms with Gasteiger partial charge in [-0.05, 0) is 31.5 Å². The number of piperidine rings is 1. The molecular weight excluding hydrogens is 226 g/mol. The number of nitrogens with zero attached hydrogens (tertiary/aromatic N) is 2. The predicted molar refractivity (Wildman–Crippen MR) is 70.2 cm³/mol. The highest BCUT2D eigenvalue weighted by atomic mass is 16.2. The van der Waals surface area contributed by atoms with Gasteiger partial charge in [0.15, 0.2) is 0 Å². The molecule has 1 unspecified atom stereocenters. The second-order valence-corrected chi connectivity index (χ2v) is 4.53. The second-order valence-electron chi connectivity index (χ2n) is 4.53. The summed E-state index contributed by atoms with van der Waals surface area (Å²) in [5.74, 6) is 0.0393. The third kappa shape index (κ3) is 2.52. The number of hydrogen-bond acceptors (Lipinski definition) is 3. The molecule has 1 aliphatic rings. The predicted octanol–water partition coefficient (Wildman–Crippen LogP) is 1.66. The summed E-state index contributed by atoms with van der Waals surface area (Å²) in [6.45, 7) is 0.893. The minimum absolute atomic E-state index is 0.0393. The van der Waals surface area contributed by atoms with Crippen LogP contribution in [0.15, 0.2) is 24.3 Å². The van der Waals surface area contributed by atoms with Gasteiger partial charge in [0.1, 0.15) is 6.07 Å². The lowest BCUT2D eigenvalue weighted by Gasteiger charge is -2.27. The monoisotopic (exact) mass is 243 g/mol. The molecule has 1 aromatic carbocycles. The van der Waals surface area contributed by atoms with Gasteiger partial charge in [-0.1, -0.05) is 18.6 Å². The number of benzene rings is 1. The van der Waals surface area contributed by atoms with Crippen molar-refractivity contribution in [2.24, 2.45) is 0 Å². The molecule has 1 fully saturated rings. The molecule has 2 rings (SSSR count). The summed E-state index contributed by atoms with van der Waals surface area (Å²) in [7, 11) is 1.73. The van der Waals surface area contributed by atoms with Crippen LogP contribution in [0.2, 0.25) is 0 Å². The van der Waals surface area contributed by atoms with Crippen LogP contribution in [0.3, 0.4) is 0 Å². The third-order valence-electron chi connectivity index (χ3n) is 3.32. The van der Waals surface area contributed by atoms with E-state index in [9.17, 15) is 4.79 Å². The van der Waals surface area contributed by atoms with Gasteiger partial charge in [0.2, 0.25) is 5.91 Å². The van der Waals surface area contributed by atoms with Crippen molar-refractivity contribution >= 4 is 11.6 Å². The lowest BCUT2D eigenvalue weighted by molar-refractivity contribution is -0.120. The molecule has 0 spiro atoms. The van der Waals surface area contributed by atoms with E-state index in [-0.39, 0.29) is 11.9 Å². The Morgan fingerprint density at radius 3 is 2.89 bits per heavy atom. The van der Waals surface area contributed by atoms with Crippen molar-refractivity contribution < 1.29 is 4.79 Å². The first kappa shape index (κ1) is 12.6. The maximum Gasteiger partial charge on any atom is 0.243 e. The van der Waals surface area contributed by atoms with Crippen LogP contribution in [0.5, 0.6) is 0 Å². The molecule has 0 bridgehead atoms. The van der Waals surface area contributed by atoms with Crippen LogP contribution >= 0.6 is 0 Å². The number of carbonyl (C=O) groups excluding carboxylic acids is 1. The summed E-state index contributed by atoms with van der Waals surface area (Å²) >= 11 is 0. The van der Waals surface area contributed by atoms with E-state index in [1.807, 2.05) is 6.07 Å². The van der Waals surface area contributed by atoms with Crippen LogP contribution in [0.4, 0.5) is 5.69 Å². The first-order valence-electron chi connectivity index (χ1n) is 6.24. The highest BCUT2D eigenvalue weighted by molar-refractivity contribution is 5.97. The highest BCUT2D eigenvalue weighted by Crippen LogP contribution is 2.20. The maximum absolute atomic E-state index is 12.3. The van der Waals surface area contributed by atoms with E-state index < -0.39 is 0 Å². The summed E-state index contributed by atoms with van der Waals surface area (Å²) < 4.78 is 0. The highest BCUT2D eigenvalue weighted by Gasteiger charge is 2.25. The van der Waals surface area contributed by atoms with Crippen LogP contribution < -0.4 is 10.2 Å². The molecule has 4 nitrogen and oxygen atoms in total. The van der Waals surface area contributed by atoms with Crippen molar-refractivity contribution in [2.45, 2.75) is 25.3 Å². The molecular formula is C14H17N3O. The van der Waals surface area contributed by atoms with E-state index in [4.69, 9.17) is 5.26 Å². The maximum atomic E-state index is 12.3. The third-order valence-corrected chi connectivity index (χ3v) is 3.32. The molecule has 1 saturated heterocycles. The second kappa shape index (κ2) is 5.65. The van der Waals surface area contributed by atoms with Gasteiger partial charge in [-0.3, -0.25) is 4.79 Å². The normalized spacial score (nSPS) is 19.0. The smallest absolute Gasteiger partial charge is 0.243 e. The molecule has 1 N–H and O–H groups in total. The van der Waals surface area contributed by atoms with Crippen LogP contribution in [-0.4, -0.2) is 25.5 Å². The SMILES string of the molecule is CN(C(=O)C1CCCCN1)c1ccccc1C#N. The average Bonchev–Trinajstić information content (AvgIpc) is 2.46. The Labute approximate surface area is 107 Å². The van der Waals surface area contributed by atoms with E-state index in [0.29, 0.717) is 11.3 Å². The van der Waals surface area contributed by atoms with Crippen molar-refractivity contribution in [3.63, 3.8) is 0 Å². The van der Waals surface area contributed by atoms with E-state index in [0.717, 1.165) is 25.8 Å². The quantitative estimate of drug-likeness (QED) is 0.859. The molecule has 1 heterocycles. The Balaban J connectivity index is 2.17. The molecule has 94 valence electrons. The molecule has 0 radical (unpaired) electrons. The summed E-state index contributed by atoms with van der Waals surface area (Å²) in [5, 5.41) is 12.3. The Morgan fingerprint density at radius 1 is 1.44 bits per heavy atom. The van der Waals surface area contributed by atoms with Crippen molar-refractivity contribution in [1.82, 2.24) is 5.32 Å². The summed E-state index contributed by atoms with van der Waals surface area (Å²) in [5.41, 5.74) is 1.21. The lowest BCUT2D eigenvalue weighted by Crippen LogP contribution is -2.47. The van der Waals surface area contributed by atoms with Gasteiger partial charge in [0.25, 0.3) is 0 Å². The van der Waals surface area contributed by atoms with E-state index in [1.165, 1.54) is 0 Å². The number of para-hydroxylation sites is 1. The fraction of sp³-hybridized carbons (Fsp3) is 0.429. The van der Waals surface area contributed by atoms with Gasteiger partial charge in [-0.25, -0.2) is 0 Å². The fourth-order valence-electron chi connectivity index (χ4n) is 2.28. The fourth-order valence-corrected chi connectivity index (χ4v) is 2.28. The minimum Gasteiger partial charge on any atom is -0.313 e. The van der Waals surface area contributed by atoms with E-state index in [1.54, 1.807) is 30.1 Å². The molecule has 1 aromatic rings. The zero-order valence-corrected chi connectivity index (χ0v) is 10.5. The van der Waals surface area contributed by atoms with Gasteiger partial charge in [0, 0.05) is 7.05 Å². The van der Waals surface area contributed by atoms with E-state index >= 15 is 0 Å². The molecule has 1 aliphatic heterocycles. The first-order valence-corrected chi connectivity index (χ1v) is 6.24. The number of nitriles is 1. The van der Waals surface area contributed by atoms with Crippen LogP contribution in [-0.2, 0) is 4.79 Å². The van der Waals surface area contributed by atoms with Crippen molar-refractivity contribution in [2.75, 3.05) is 18.5 Å². The molecule has 18 heavy (non-hydrogen) atoms. The number of amides is 1. The molecule has 0 aromatic heterocycles. The van der Waals surface area contributed by atoms with Gasteiger partial charge in [-0.2, -0.15) is 5.26 Å². The number of likely N-dealkylation sites (N-methyl/N-ethyl adjacent to an activating group) is 1. The Morgan fingerprint density at radius 2 is 2.22 bits per heavy atom. The average molecular weight is 243 g/mol. The molecule has 1 amide bonds. The number of anilines is 1. The van der Waals surface area contributed by atoms with Crippen molar-refractivity contribution in [3.8, 4) is 6.07 Å². The summed E-state index contributed by atoms with van der Waals surface area (Å²) in [6, 6.07) is 9.19. The van der Waals surface area contributed by atoms with Crippen LogP contribution in [0, 0.1) is 11.3 Å². The number of carbonyl (C=O) groups is 1. The largest absolute Gasteiger partial charge is 0.313 e. The lowest BCUT2D eigenvalue weighted by atomic mass is 10.0. The summed E-state index contributed by atoms with van der Waals surface area (Å²) in [6.07, 6.45) is 3.08. The molecule has 4 heteroatoms. The topological polar surface area (TPSA) is 56.1 Å². The minimum atomic E-state index is -0.115. The molecule has 1 atom stereocenters. The van der Waals surface area contributed by atoms with Crippen molar-refractivity contribution in [1.29, 1.82) is 5.26 Å². The van der Waals surface area contributed by atoms with Gasteiger partial charge >= 0.3 is 0 Å². The first-order chi connectivity index (χ1) is 8.74. The van der Waals surface area contributed by atoms with Gasteiger partial charge in [0.05, 0.1) is 17.3 Å². The summed E-state index contributed by atoms with van der Waals surface area (Å²) in [4.78, 5) is 13.9. The van der Waals surface area contributed by atoms with Gasteiger partial charge in [-0.15, -0.1) is 0 Å². The zero-order chi connectivity index (χ0) is 13.0. The van der Waals surface area contributed by atoms with Gasteiger partial charge < -0.3 is 10.2 Å². The molecule has 0 saturated carbocycles. The number of nitrogens with one attached hydrogen (secondary N) is 1. The Kier molecular flexibility index (Phi) is 3.96. The molecule has 0 aliphatic carbocycles. The zero-order valence-electron chi connectivity index (χ0n) is 10.5. The Bertz CT molecular complexity index is 472. The van der Waals surface area contributed by atoms with Crippen molar-refractivity contribution in [3.05, 3.63) is 29.8 Å². The van der Waals surface area contributed by atoms with E-state index in [2.05, 4.69) is 11.4 Å². The standard InChI is InChI=1S/C14H17N3O/c1-17(13-8-3-2-6-11(13)10-15)14(18)12-7-4-5-9-16-12/h2-3,6,8,12,16H,4-5,7,9H2,1H3. The number of rotatable bonds is 2. The van der Waals surface area contributed by atoms with Crippen LogP contribution in [0.1, 0.15) is 24.8 Å². The van der Waals surface area contributed by atoms with Crippen LogP contribution in [0.25, 0.3) is 0 Å². The Hall–Kier alpha value is -1.86.